The van der Waals surface area contributed by atoms with Gasteiger partial charge < -0.3 is 10.4 Å². The molecule has 0 unspecified atom stereocenters. The highest BCUT2D eigenvalue weighted by molar-refractivity contribution is 9.11. The number of hydrogen-bond acceptors (Lipinski definition) is 2. The quantitative estimate of drug-likeness (QED) is 0.732. The minimum absolute atomic E-state index is 0.316. The Kier molecular flexibility index (Phi) is 3.75. The predicted molar refractivity (Wildman–Crippen MR) is 54.3 cm³/mol. The van der Waals surface area contributed by atoms with Crippen LogP contribution in [-0.2, 0) is 0 Å². The van der Waals surface area contributed by atoms with E-state index in [0.717, 1.165) is 24.0 Å². The Labute approximate surface area is 82.2 Å². The molecule has 1 aliphatic rings. The van der Waals surface area contributed by atoms with Crippen molar-refractivity contribution < 1.29 is 5.11 Å². The molecule has 1 aliphatic carbocycles. The minimum atomic E-state index is 0.316. The van der Waals surface area contributed by atoms with Gasteiger partial charge in [-0.05, 0) is 24.7 Å². The molecule has 0 aliphatic heterocycles. The van der Waals surface area contributed by atoms with Crippen LogP contribution >= 0.6 is 15.9 Å². The molecular weight excluding hydrogens is 218 g/mol. The summed E-state index contributed by atoms with van der Waals surface area (Å²) in [7, 11) is 0. The lowest BCUT2D eigenvalue weighted by Crippen LogP contribution is -2.25. The molecule has 12 heavy (non-hydrogen) atoms. The summed E-state index contributed by atoms with van der Waals surface area (Å²) < 4.78 is 0.988. The molecule has 0 atom stereocenters. The molecule has 0 spiro atoms. The zero-order chi connectivity index (χ0) is 9.03. The van der Waals surface area contributed by atoms with Crippen LogP contribution in [-0.4, -0.2) is 24.8 Å². The van der Waals surface area contributed by atoms with E-state index in [1.54, 1.807) is 0 Å². The van der Waals surface area contributed by atoms with Gasteiger partial charge in [-0.2, -0.15) is 0 Å². The molecule has 3 heteroatoms. The van der Waals surface area contributed by atoms with Crippen LogP contribution in [0, 0.1) is 5.41 Å². The molecule has 2 N–H and O–H groups in total. The van der Waals surface area contributed by atoms with Gasteiger partial charge in [-0.3, -0.25) is 0 Å². The van der Waals surface area contributed by atoms with Crippen molar-refractivity contribution in [2.45, 2.75) is 19.3 Å². The van der Waals surface area contributed by atoms with Crippen molar-refractivity contribution in [3.05, 3.63) is 11.1 Å². The van der Waals surface area contributed by atoms with Crippen molar-refractivity contribution in [1.82, 2.24) is 5.32 Å². The second-order valence-corrected chi connectivity index (χ2v) is 4.72. The number of halogens is 1. The molecule has 1 fully saturated rings. The molecule has 0 saturated heterocycles. The second kappa shape index (κ2) is 4.40. The molecule has 0 heterocycles. The van der Waals surface area contributed by atoms with Crippen LogP contribution in [0.1, 0.15) is 19.3 Å². The number of aliphatic hydroxyl groups excluding tert-OH is 1. The summed E-state index contributed by atoms with van der Waals surface area (Å²) in [5, 5.41) is 12.1. The lowest BCUT2D eigenvalue weighted by atomic mass is 10.0. The van der Waals surface area contributed by atoms with E-state index in [2.05, 4.69) is 27.8 Å². The van der Waals surface area contributed by atoms with Gasteiger partial charge in [0.25, 0.3) is 0 Å². The fourth-order valence-corrected chi connectivity index (χ4v) is 1.59. The minimum Gasteiger partial charge on any atom is -0.396 e. The van der Waals surface area contributed by atoms with Crippen LogP contribution in [0.4, 0.5) is 0 Å². The van der Waals surface area contributed by atoms with E-state index in [9.17, 15) is 0 Å². The molecule has 0 amide bonds. The molecule has 2 nitrogen and oxygen atoms in total. The number of rotatable bonds is 6. The number of nitrogens with one attached hydrogen (secondary N) is 1. The summed E-state index contributed by atoms with van der Waals surface area (Å²) in [5.41, 5.74) is 0.414. The Bertz CT molecular complexity index is 166. The molecular formula is C9H16BrNO. The van der Waals surface area contributed by atoms with Crippen molar-refractivity contribution >= 4 is 15.9 Å². The van der Waals surface area contributed by atoms with Crippen LogP contribution < -0.4 is 5.32 Å². The van der Waals surface area contributed by atoms with E-state index in [1.807, 2.05) is 0 Å². The Morgan fingerprint density at radius 3 is 2.67 bits per heavy atom. The molecule has 1 rings (SSSR count). The summed E-state index contributed by atoms with van der Waals surface area (Å²) in [6, 6.07) is 0. The van der Waals surface area contributed by atoms with E-state index < -0.39 is 0 Å². The largest absolute Gasteiger partial charge is 0.396 e. The Morgan fingerprint density at radius 1 is 1.58 bits per heavy atom. The summed E-state index contributed by atoms with van der Waals surface area (Å²) >= 11 is 3.30. The predicted octanol–water partition coefficient (Wildman–Crippen LogP) is 1.65. The normalized spacial score (nSPS) is 19.2. The van der Waals surface area contributed by atoms with Gasteiger partial charge >= 0.3 is 0 Å². The lowest BCUT2D eigenvalue weighted by molar-refractivity contribution is 0.246. The van der Waals surface area contributed by atoms with E-state index in [1.165, 1.54) is 12.8 Å². The van der Waals surface area contributed by atoms with Crippen LogP contribution in [0.25, 0.3) is 0 Å². The van der Waals surface area contributed by atoms with E-state index >= 15 is 0 Å². The van der Waals surface area contributed by atoms with Gasteiger partial charge in [-0.1, -0.05) is 22.5 Å². The maximum atomic E-state index is 8.80. The summed E-state index contributed by atoms with van der Waals surface area (Å²) in [6.45, 7) is 5.90. The topological polar surface area (TPSA) is 32.3 Å². The van der Waals surface area contributed by atoms with Crippen molar-refractivity contribution in [2.24, 2.45) is 5.41 Å². The van der Waals surface area contributed by atoms with Crippen LogP contribution in [0.5, 0.6) is 0 Å². The maximum absolute atomic E-state index is 8.80. The van der Waals surface area contributed by atoms with Crippen LogP contribution in [0.15, 0.2) is 11.1 Å². The number of aliphatic hydroxyl groups is 1. The fraction of sp³-hybridized carbons (Fsp3) is 0.778. The Balaban J connectivity index is 2.09. The van der Waals surface area contributed by atoms with Gasteiger partial charge in [0.05, 0.1) is 0 Å². The zero-order valence-corrected chi connectivity index (χ0v) is 8.86. The first kappa shape index (κ1) is 10.2. The average molecular weight is 234 g/mol. The van der Waals surface area contributed by atoms with Gasteiger partial charge in [0, 0.05) is 24.2 Å². The molecule has 1 saturated carbocycles. The SMILES string of the molecule is C=C(Br)CNCC1(CCO)CC1. The van der Waals surface area contributed by atoms with Gasteiger partial charge in [0.2, 0.25) is 0 Å². The molecule has 0 aromatic heterocycles. The first-order valence-electron chi connectivity index (χ1n) is 4.33. The monoisotopic (exact) mass is 233 g/mol. The number of hydrogen-bond donors (Lipinski definition) is 2. The standard InChI is InChI=1S/C9H16BrNO/c1-8(10)6-11-7-9(2-3-9)4-5-12/h11-12H,1-7H2. The smallest absolute Gasteiger partial charge is 0.0436 e. The third-order valence-electron chi connectivity index (χ3n) is 2.42. The first-order valence-corrected chi connectivity index (χ1v) is 5.13. The second-order valence-electron chi connectivity index (χ2n) is 3.59. The van der Waals surface area contributed by atoms with E-state index in [-0.39, 0.29) is 0 Å². The third-order valence-corrected chi connectivity index (χ3v) is 2.70. The van der Waals surface area contributed by atoms with Crippen molar-refractivity contribution in [2.75, 3.05) is 19.7 Å². The molecule has 70 valence electrons. The van der Waals surface area contributed by atoms with Gasteiger partial charge in [0.15, 0.2) is 0 Å². The summed E-state index contributed by atoms with van der Waals surface area (Å²) in [4.78, 5) is 0. The molecule has 0 bridgehead atoms. The van der Waals surface area contributed by atoms with Crippen LogP contribution in [0.3, 0.4) is 0 Å². The average Bonchev–Trinajstić information content (AvgIpc) is 2.69. The highest BCUT2D eigenvalue weighted by Crippen LogP contribution is 2.47. The third kappa shape index (κ3) is 3.25. The van der Waals surface area contributed by atoms with Crippen LogP contribution in [0.2, 0.25) is 0 Å². The van der Waals surface area contributed by atoms with E-state index in [4.69, 9.17) is 5.11 Å². The highest BCUT2D eigenvalue weighted by atomic mass is 79.9. The Morgan fingerprint density at radius 2 is 2.25 bits per heavy atom. The zero-order valence-electron chi connectivity index (χ0n) is 7.27. The van der Waals surface area contributed by atoms with E-state index in [0.29, 0.717) is 12.0 Å². The maximum Gasteiger partial charge on any atom is 0.0436 e. The first-order chi connectivity index (χ1) is 5.68. The lowest BCUT2D eigenvalue weighted by Gasteiger charge is -2.13. The molecule has 0 aromatic carbocycles. The summed E-state index contributed by atoms with van der Waals surface area (Å²) in [6.07, 6.45) is 3.46. The van der Waals surface area contributed by atoms with Gasteiger partial charge in [0.1, 0.15) is 0 Å². The van der Waals surface area contributed by atoms with Gasteiger partial charge in [-0.25, -0.2) is 0 Å². The summed E-state index contributed by atoms with van der Waals surface area (Å²) in [5.74, 6) is 0. The van der Waals surface area contributed by atoms with Crippen molar-refractivity contribution in [3.8, 4) is 0 Å². The van der Waals surface area contributed by atoms with Crippen molar-refractivity contribution in [1.29, 1.82) is 0 Å². The van der Waals surface area contributed by atoms with Gasteiger partial charge in [-0.15, -0.1) is 0 Å². The van der Waals surface area contributed by atoms with Crippen molar-refractivity contribution in [3.63, 3.8) is 0 Å². The Hall–Kier alpha value is 0.140. The fourth-order valence-electron chi connectivity index (χ4n) is 1.39. The molecule has 0 radical (unpaired) electrons. The molecule has 0 aromatic rings. The highest BCUT2D eigenvalue weighted by Gasteiger charge is 2.41.